The molecule has 0 bridgehead atoms. The average Bonchev–Trinajstić information content (AvgIpc) is 3.43. The molecule has 3 aromatic carbocycles. The Bertz CT molecular complexity index is 1260. The van der Waals surface area contributed by atoms with E-state index < -0.39 is 0 Å². The van der Waals surface area contributed by atoms with Crippen LogP contribution in [0, 0.1) is 13.8 Å². The summed E-state index contributed by atoms with van der Waals surface area (Å²) in [4.78, 5) is 19.7. The molecule has 0 N–H and O–H groups in total. The van der Waals surface area contributed by atoms with Gasteiger partial charge in [-0.15, -0.1) is 0 Å². The van der Waals surface area contributed by atoms with Crippen LogP contribution in [0.5, 0.6) is 0 Å². The fourth-order valence-electron chi connectivity index (χ4n) is 4.11. The van der Waals surface area contributed by atoms with Crippen LogP contribution in [0.15, 0.2) is 84.1 Å². The fraction of sp³-hybridized carbons (Fsp3) is 0.185. The van der Waals surface area contributed by atoms with Crippen molar-refractivity contribution in [2.75, 3.05) is 17.2 Å². The van der Waals surface area contributed by atoms with E-state index in [1.165, 1.54) is 28.5 Å². The van der Waals surface area contributed by atoms with E-state index in [0.29, 0.717) is 5.75 Å². The summed E-state index contributed by atoms with van der Waals surface area (Å²) in [6, 6.07) is 25.1. The first kappa shape index (κ1) is 20.6. The predicted molar refractivity (Wildman–Crippen MR) is 132 cm³/mol. The van der Waals surface area contributed by atoms with Crippen molar-refractivity contribution in [2.45, 2.75) is 25.4 Å². The summed E-state index contributed by atoms with van der Waals surface area (Å²) in [7, 11) is 0. The molecule has 1 aliphatic heterocycles. The normalized spacial score (nSPS) is 12.8. The zero-order valence-electron chi connectivity index (χ0n) is 18.3. The van der Waals surface area contributed by atoms with Crippen molar-refractivity contribution in [1.29, 1.82) is 0 Å². The minimum absolute atomic E-state index is 0.121. The van der Waals surface area contributed by atoms with Crippen LogP contribution in [-0.2, 0) is 11.2 Å². The monoisotopic (exact) mass is 439 g/mol. The number of benzene rings is 3. The van der Waals surface area contributed by atoms with Gasteiger partial charge >= 0.3 is 0 Å². The maximum atomic E-state index is 13.1. The first-order chi connectivity index (χ1) is 15.6. The minimum atomic E-state index is 0.121. The molecule has 0 unspecified atom stereocenters. The molecule has 0 fully saturated rings. The summed E-state index contributed by atoms with van der Waals surface area (Å²) in [5.74, 6) is 0.472. The molecule has 0 spiro atoms. The molecule has 0 saturated heterocycles. The van der Waals surface area contributed by atoms with Crippen molar-refractivity contribution < 1.29 is 4.79 Å². The van der Waals surface area contributed by atoms with Crippen LogP contribution in [0.1, 0.15) is 16.7 Å². The molecule has 4 nitrogen and oxygen atoms in total. The second-order valence-electron chi connectivity index (χ2n) is 8.18. The number of amides is 1. The smallest absolute Gasteiger partial charge is 0.237 e. The Balaban J connectivity index is 1.44. The van der Waals surface area contributed by atoms with Crippen molar-refractivity contribution in [2.24, 2.45) is 0 Å². The highest BCUT2D eigenvalue weighted by molar-refractivity contribution is 7.99. The summed E-state index contributed by atoms with van der Waals surface area (Å²) < 4.78 is 2.15. The van der Waals surface area contributed by atoms with E-state index in [0.717, 1.165) is 40.8 Å². The van der Waals surface area contributed by atoms with Crippen LogP contribution < -0.4 is 4.90 Å². The molecule has 160 valence electrons. The Labute approximate surface area is 192 Å². The Morgan fingerprint density at radius 3 is 2.38 bits per heavy atom. The molecule has 4 aromatic rings. The van der Waals surface area contributed by atoms with E-state index in [2.05, 4.69) is 73.0 Å². The van der Waals surface area contributed by atoms with Gasteiger partial charge in [0.15, 0.2) is 5.16 Å². The van der Waals surface area contributed by atoms with Gasteiger partial charge in [0.2, 0.25) is 5.91 Å². The van der Waals surface area contributed by atoms with Gasteiger partial charge < -0.3 is 4.90 Å². The number of rotatable bonds is 5. The third-order valence-electron chi connectivity index (χ3n) is 5.88. The Morgan fingerprint density at radius 1 is 0.938 bits per heavy atom. The molecule has 1 amide bonds. The van der Waals surface area contributed by atoms with Crippen molar-refractivity contribution >= 4 is 23.4 Å². The first-order valence-electron chi connectivity index (χ1n) is 10.8. The molecule has 0 atom stereocenters. The van der Waals surface area contributed by atoms with Crippen molar-refractivity contribution in [3.05, 3.63) is 95.7 Å². The van der Waals surface area contributed by atoms with E-state index >= 15 is 0 Å². The number of para-hydroxylation sites is 1. The maximum absolute atomic E-state index is 13.1. The number of nitrogens with zero attached hydrogens (tertiary/aromatic N) is 3. The number of carbonyl (C=O) groups is 1. The molecule has 32 heavy (non-hydrogen) atoms. The quantitative estimate of drug-likeness (QED) is 0.367. The Kier molecular flexibility index (Phi) is 5.58. The van der Waals surface area contributed by atoms with E-state index in [-0.39, 0.29) is 5.91 Å². The maximum Gasteiger partial charge on any atom is 0.237 e. The van der Waals surface area contributed by atoms with Crippen LogP contribution in [0.25, 0.3) is 16.9 Å². The van der Waals surface area contributed by atoms with Crippen molar-refractivity contribution in [1.82, 2.24) is 9.55 Å². The van der Waals surface area contributed by atoms with E-state index in [1.807, 2.05) is 29.3 Å². The lowest BCUT2D eigenvalue weighted by atomic mass is 10.1. The highest BCUT2D eigenvalue weighted by Crippen LogP contribution is 2.32. The van der Waals surface area contributed by atoms with E-state index in [4.69, 9.17) is 4.98 Å². The van der Waals surface area contributed by atoms with Crippen LogP contribution in [0.3, 0.4) is 0 Å². The topological polar surface area (TPSA) is 38.1 Å². The number of imidazole rings is 1. The predicted octanol–water partition coefficient (Wildman–Crippen LogP) is 5.84. The summed E-state index contributed by atoms with van der Waals surface area (Å²) in [6.07, 6.45) is 2.82. The first-order valence-corrected chi connectivity index (χ1v) is 11.8. The highest BCUT2D eigenvalue weighted by Gasteiger charge is 2.25. The third-order valence-corrected chi connectivity index (χ3v) is 6.82. The standard InChI is InChI=1S/C27H25N3OS/c1-19-7-11-22(12-8-19)25-17-28-27(30(25)23-13-9-20(2)10-14-23)32-18-26(31)29-16-15-21-5-3-4-6-24(21)29/h3-14,17H,15-16,18H2,1-2H3. The summed E-state index contributed by atoms with van der Waals surface area (Å²) in [5, 5.41) is 0.824. The van der Waals surface area contributed by atoms with E-state index in [9.17, 15) is 4.79 Å². The minimum Gasteiger partial charge on any atom is -0.311 e. The van der Waals surface area contributed by atoms with Gasteiger partial charge in [-0.3, -0.25) is 9.36 Å². The van der Waals surface area contributed by atoms with Gasteiger partial charge in [0.1, 0.15) is 0 Å². The van der Waals surface area contributed by atoms with E-state index in [1.54, 1.807) is 0 Å². The van der Waals surface area contributed by atoms with Gasteiger partial charge in [-0.25, -0.2) is 4.98 Å². The summed E-state index contributed by atoms with van der Waals surface area (Å²) >= 11 is 1.49. The molecule has 0 radical (unpaired) electrons. The second-order valence-corrected chi connectivity index (χ2v) is 9.12. The number of aryl methyl sites for hydroxylation is 2. The van der Waals surface area contributed by atoms with Gasteiger partial charge in [-0.2, -0.15) is 0 Å². The van der Waals surface area contributed by atoms with Gasteiger partial charge in [0.05, 0.1) is 17.6 Å². The number of thioether (sulfide) groups is 1. The summed E-state index contributed by atoms with van der Waals surface area (Å²) in [6.45, 7) is 4.92. The zero-order valence-corrected chi connectivity index (χ0v) is 19.1. The molecule has 1 aliphatic rings. The lowest BCUT2D eigenvalue weighted by molar-refractivity contribution is -0.116. The molecule has 5 heteroatoms. The van der Waals surface area contributed by atoms with Crippen LogP contribution >= 0.6 is 11.8 Å². The number of hydrogen-bond donors (Lipinski definition) is 0. The van der Waals surface area contributed by atoms with Gasteiger partial charge in [0.25, 0.3) is 0 Å². The number of fused-ring (bicyclic) bond motifs is 1. The molecule has 1 aromatic heterocycles. The van der Waals surface area contributed by atoms with Crippen molar-refractivity contribution in [3.63, 3.8) is 0 Å². The lowest BCUT2D eigenvalue weighted by Gasteiger charge is -2.17. The Morgan fingerprint density at radius 2 is 1.62 bits per heavy atom. The SMILES string of the molecule is Cc1ccc(-c2cnc(SCC(=O)N3CCc4ccccc43)n2-c2ccc(C)cc2)cc1. The second kappa shape index (κ2) is 8.67. The molecule has 2 heterocycles. The third kappa shape index (κ3) is 3.96. The molecular formula is C27H25N3OS. The number of aromatic nitrogens is 2. The number of hydrogen-bond acceptors (Lipinski definition) is 3. The van der Waals surface area contributed by atoms with Crippen LogP contribution in [0.4, 0.5) is 5.69 Å². The largest absolute Gasteiger partial charge is 0.311 e. The molecule has 5 rings (SSSR count). The van der Waals surface area contributed by atoms with Crippen molar-refractivity contribution in [3.8, 4) is 16.9 Å². The molecule has 0 aliphatic carbocycles. The van der Waals surface area contributed by atoms with Crippen LogP contribution in [0.2, 0.25) is 0 Å². The van der Waals surface area contributed by atoms with Crippen LogP contribution in [-0.4, -0.2) is 27.8 Å². The van der Waals surface area contributed by atoms with Gasteiger partial charge in [-0.1, -0.05) is 77.5 Å². The van der Waals surface area contributed by atoms with Gasteiger partial charge in [0, 0.05) is 23.5 Å². The Hall–Kier alpha value is -3.31. The summed E-state index contributed by atoms with van der Waals surface area (Å²) in [5.41, 5.74) is 7.90. The number of anilines is 1. The fourth-order valence-corrected chi connectivity index (χ4v) is 4.98. The van der Waals surface area contributed by atoms with Gasteiger partial charge in [-0.05, 0) is 44.0 Å². The average molecular weight is 440 g/mol. The zero-order chi connectivity index (χ0) is 22.1. The lowest BCUT2D eigenvalue weighted by Crippen LogP contribution is -2.30. The highest BCUT2D eigenvalue weighted by atomic mass is 32.2. The number of carbonyl (C=O) groups excluding carboxylic acids is 1. The molecule has 0 saturated carbocycles. The molecular weight excluding hydrogens is 414 g/mol.